The summed E-state index contributed by atoms with van der Waals surface area (Å²) in [5.41, 5.74) is 0.868. The molecule has 0 bridgehead atoms. The highest BCUT2D eigenvalue weighted by Crippen LogP contribution is 2.26. The molecule has 1 heterocycles. The lowest BCUT2D eigenvalue weighted by Crippen LogP contribution is -2.39. The number of anilines is 1. The maximum Gasteiger partial charge on any atom is 0.243 e. The molecule has 0 saturated carbocycles. The van der Waals surface area contributed by atoms with E-state index in [4.69, 9.17) is 23.2 Å². The standard InChI is InChI=1S/C15H16Cl2N4O/c1-10(14(22)20-15-18-7-4-8-19-15)21(2)9-11-5-3-6-12(16)13(11)17/h3-8,10H,9H2,1-2H3,(H,18,19,20,22). The van der Waals surface area contributed by atoms with Crippen molar-refractivity contribution in [1.29, 1.82) is 0 Å². The molecule has 2 rings (SSSR count). The predicted octanol–water partition coefficient (Wildman–Crippen LogP) is 3.24. The van der Waals surface area contributed by atoms with Crippen LogP contribution in [-0.4, -0.2) is 33.9 Å². The van der Waals surface area contributed by atoms with Gasteiger partial charge in [-0.3, -0.25) is 15.0 Å². The second-order valence-electron chi connectivity index (χ2n) is 4.87. The number of likely N-dealkylation sites (N-methyl/N-ethyl adjacent to an activating group) is 1. The second kappa shape index (κ2) is 7.54. The molecule has 1 unspecified atom stereocenters. The van der Waals surface area contributed by atoms with E-state index in [1.54, 1.807) is 31.5 Å². The first kappa shape index (κ1) is 16.7. The average molecular weight is 339 g/mol. The summed E-state index contributed by atoms with van der Waals surface area (Å²) in [5.74, 6) is 0.0976. The van der Waals surface area contributed by atoms with Crippen molar-refractivity contribution in [2.45, 2.75) is 19.5 Å². The zero-order valence-corrected chi connectivity index (χ0v) is 13.8. The lowest BCUT2D eigenvalue weighted by Gasteiger charge is -2.24. The van der Waals surface area contributed by atoms with Gasteiger partial charge in [-0.2, -0.15) is 0 Å². The number of rotatable bonds is 5. The molecule has 22 heavy (non-hydrogen) atoms. The van der Waals surface area contributed by atoms with Crippen molar-refractivity contribution in [3.8, 4) is 0 Å². The third-order valence-corrected chi connectivity index (χ3v) is 4.15. The number of benzene rings is 1. The summed E-state index contributed by atoms with van der Waals surface area (Å²) in [6, 6.07) is 6.76. The van der Waals surface area contributed by atoms with Crippen LogP contribution in [0.3, 0.4) is 0 Å². The highest BCUT2D eigenvalue weighted by Gasteiger charge is 2.20. The Morgan fingerprint density at radius 2 is 1.95 bits per heavy atom. The van der Waals surface area contributed by atoms with Gasteiger partial charge < -0.3 is 0 Å². The molecule has 7 heteroatoms. The van der Waals surface area contributed by atoms with E-state index >= 15 is 0 Å². The number of nitrogens with one attached hydrogen (secondary N) is 1. The van der Waals surface area contributed by atoms with Crippen LogP contribution in [0.5, 0.6) is 0 Å². The van der Waals surface area contributed by atoms with Crippen molar-refractivity contribution in [2.24, 2.45) is 0 Å². The van der Waals surface area contributed by atoms with E-state index in [1.165, 1.54) is 0 Å². The monoisotopic (exact) mass is 338 g/mol. The van der Waals surface area contributed by atoms with Crippen LogP contribution in [0, 0.1) is 0 Å². The van der Waals surface area contributed by atoms with Gasteiger partial charge in [-0.05, 0) is 31.7 Å². The summed E-state index contributed by atoms with van der Waals surface area (Å²) < 4.78 is 0. The van der Waals surface area contributed by atoms with Crippen LogP contribution in [0.2, 0.25) is 10.0 Å². The number of hydrogen-bond donors (Lipinski definition) is 1. The van der Waals surface area contributed by atoms with Crippen LogP contribution in [-0.2, 0) is 11.3 Å². The summed E-state index contributed by atoms with van der Waals surface area (Å²) in [5, 5.41) is 3.68. The molecule has 1 aromatic heterocycles. The van der Waals surface area contributed by atoms with Crippen LogP contribution in [0.1, 0.15) is 12.5 Å². The molecule has 0 aliphatic carbocycles. The van der Waals surface area contributed by atoms with Crippen molar-refractivity contribution >= 4 is 35.1 Å². The largest absolute Gasteiger partial charge is 0.293 e. The van der Waals surface area contributed by atoms with Gasteiger partial charge >= 0.3 is 0 Å². The van der Waals surface area contributed by atoms with Crippen molar-refractivity contribution in [2.75, 3.05) is 12.4 Å². The van der Waals surface area contributed by atoms with E-state index in [1.807, 2.05) is 24.1 Å². The molecule has 0 aliphatic heterocycles. The van der Waals surface area contributed by atoms with Crippen LogP contribution >= 0.6 is 23.2 Å². The number of hydrogen-bond acceptors (Lipinski definition) is 4. The van der Waals surface area contributed by atoms with Gasteiger partial charge in [-0.25, -0.2) is 9.97 Å². The van der Waals surface area contributed by atoms with Gasteiger partial charge in [0.15, 0.2) is 0 Å². The molecule has 2 aromatic rings. The molecule has 5 nitrogen and oxygen atoms in total. The first-order chi connectivity index (χ1) is 10.5. The van der Waals surface area contributed by atoms with Crippen LogP contribution in [0.25, 0.3) is 0 Å². The smallest absolute Gasteiger partial charge is 0.243 e. The maximum absolute atomic E-state index is 12.2. The Morgan fingerprint density at radius 1 is 1.27 bits per heavy atom. The van der Waals surface area contributed by atoms with E-state index in [0.717, 1.165) is 5.56 Å². The summed E-state index contributed by atoms with van der Waals surface area (Å²) >= 11 is 12.2. The fourth-order valence-corrected chi connectivity index (χ4v) is 2.23. The molecule has 1 N–H and O–H groups in total. The van der Waals surface area contributed by atoms with Crippen molar-refractivity contribution < 1.29 is 4.79 Å². The Labute approximate surface area is 139 Å². The zero-order valence-electron chi connectivity index (χ0n) is 12.3. The average Bonchev–Trinajstić information content (AvgIpc) is 2.52. The van der Waals surface area contributed by atoms with E-state index in [-0.39, 0.29) is 17.9 Å². The van der Waals surface area contributed by atoms with E-state index in [0.29, 0.717) is 16.6 Å². The lowest BCUT2D eigenvalue weighted by molar-refractivity contribution is -0.120. The molecule has 0 fully saturated rings. The van der Waals surface area contributed by atoms with Crippen molar-refractivity contribution in [1.82, 2.24) is 14.9 Å². The van der Waals surface area contributed by atoms with Crippen molar-refractivity contribution in [3.05, 3.63) is 52.3 Å². The fourth-order valence-electron chi connectivity index (χ4n) is 1.85. The Kier molecular flexibility index (Phi) is 5.71. The first-order valence-corrected chi connectivity index (χ1v) is 7.45. The van der Waals surface area contributed by atoms with Gasteiger partial charge in [0, 0.05) is 18.9 Å². The highest BCUT2D eigenvalue weighted by molar-refractivity contribution is 6.42. The van der Waals surface area contributed by atoms with Gasteiger partial charge in [0.25, 0.3) is 0 Å². The number of nitrogens with zero attached hydrogens (tertiary/aromatic N) is 3. The third kappa shape index (κ3) is 4.16. The molecule has 1 aromatic carbocycles. The number of carbonyl (C=O) groups excluding carboxylic acids is 1. The summed E-state index contributed by atoms with van der Waals surface area (Å²) in [6.07, 6.45) is 3.14. The zero-order chi connectivity index (χ0) is 16.1. The molecule has 1 amide bonds. The normalized spacial score (nSPS) is 12.2. The molecular weight excluding hydrogens is 323 g/mol. The Balaban J connectivity index is 2.01. The van der Waals surface area contributed by atoms with Crippen LogP contribution in [0.4, 0.5) is 5.95 Å². The van der Waals surface area contributed by atoms with Crippen molar-refractivity contribution in [3.63, 3.8) is 0 Å². The van der Waals surface area contributed by atoms with Crippen LogP contribution in [0.15, 0.2) is 36.7 Å². The molecule has 0 radical (unpaired) electrons. The number of carbonyl (C=O) groups is 1. The fraction of sp³-hybridized carbons (Fsp3) is 0.267. The van der Waals surface area contributed by atoms with Gasteiger partial charge in [-0.15, -0.1) is 0 Å². The van der Waals surface area contributed by atoms with E-state index in [9.17, 15) is 4.79 Å². The summed E-state index contributed by atoms with van der Waals surface area (Å²) in [4.78, 5) is 22.0. The highest BCUT2D eigenvalue weighted by atomic mass is 35.5. The Morgan fingerprint density at radius 3 is 2.64 bits per heavy atom. The number of amides is 1. The second-order valence-corrected chi connectivity index (χ2v) is 5.65. The molecular formula is C15H16Cl2N4O. The number of aromatic nitrogens is 2. The van der Waals surface area contributed by atoms with Gasteiger partial charge in [0.2, 0.25) is 11.9 Å². The van der Waals surface area contributed by atoms with Gasteiger partial charge in [0.05, 0.1) is 16.1 Å². The third-order valence-electron chi connectivity index (χ3n) is 3.29. The molecule has 0 spiro atoms. The molecule has 1 atom stereocenters. The Bertz CT molecular complexity index is 651. The van der Waals surface area contributed by atoms with E-state index in [2.05, 4.69) is 15.3 Å². The minimum atomic E-state index is -0.376. The molecule has 0 saturated heterocycles. The minimum absolute atomic E-state index is 0.188. The molecule has 0 aliphatic rings. The quantitative estimate of drug-likeness (QED) is 0.909. The first-order valence-electron chi connectivity index (χ1n) is 6.70. The topological polar surface area (TPSA) is 58.1 Å². The number of halogens is 2. The molecule has 116 valence electrons. The summed E-state index contributed by atoms with van der Waals surface area (Å²) in [7, 11) is 1.84. The SMILES string of the molecule is CC(C(=O)Nc1ncccn1)N(C)Cc1cccc(Cl)c1Cl. The Hall–Kier alpha value is -1.69. The minimum Gasteiger partial charge on any atom is -0.293 e. The lowest BCUT2D eigenvalue weighted by atomic mass is 10.2. The predicted molar refractivity (Wildman–Crippen MR) is 88.1 cm³/mol. The summed E-state index contributed by atoms with van der Waals surface area (Å²) in [6.45, 7) is 2.31. The van der Waals surface area contributed by atoms with E-state index < -0.39 is 0 Å². The van der Waals surface area contributed by atoms with Gasteiger partial charge in [0.1, 0.15) is 0 Å². The maximum atomic E-state index is 12.2. The van der Waals surface area contributed by atoms with Crippen LogP contribution < -0.4 is 5.32 Å². The van der Waals surface area contributed by atoms with Gasteiger partial charge in [-0.1, -0.05) is 35.3 Å².